The summed E-state index contributed by atoms with van der Waals surface area (Å²) in [7, 11) is 0. The van der Waals surface area contributed by atoms with E-state index in [2.05, 4.69) is 39.8 Å². The van der Waals surface area contributed by atoms with Gasteiger partial charge in [-0.15, -0.1) is 0 Å². The van der Waals surface area contributed by atoms with Gasteiger partial charge in [0.25, 0.3) is 0 Å². The molecule has 2 aliphatic heterocycles. The van der Waals surface area contributed by atoms with E-state index in [0.717, 1.165) is 32.4 Å². The van der Waals surface area contributed by atoms with Gasteiger partial charge in [-0.2, -0.15) is 0 Å². The third kappa shape index (κ3) is 5.79. The number of hydrogen-bond donors (Lipinski definition) is 2. The summed E-state index contributed by atoms with van der Waals surface area (Å²) in [6.45, 7) is 4.15. The average molecular weight is 452 g/mol. The van der Waals surface area contributed by atoms with Gasteiger partial charge in [-0.1, -0.05) is 42.5 Å². The highest BCUT2D eigenvalue weighted by Crippen LogP contribution is 2.29. The second-order valence-electron chi connectivity index (χ2n) is 8.61. The monoisotopic (exact) mass is 451 g/mol. The molecule has 2 aromatic rings. The van der Waals surface area contributed by atoms with Gasteiger partial charge >= 0.3 is 12.0 Å². The molecule has 4 rings (SSSR count). The van der Waals surface area contributed by atoms with E-state index in [-0.39, 0.29) is 6.61 Å². The fourth-order valence-corrected chi connectivity index (χ4v) is 4.65. The molecule has 33 heavy (non-hydrogen) atoms. The van der Waals surface area contributed by atoms with E-state index in [4.69, 9.17) is 4.74 Å². The van der Waals surface area contributed by atoms with Gasteiger partial charge in [0.2, 0.25) is 0 Å². The van der Waals surface area contributed by atoms with Crippen molar-refractivity contribution in [3.8, 4) is 0 Å². The minimum Gasteiger partial charge on any atom is -0.463 e. The number of amides is 2. The zero-order chi connectivity index (χ0) is 23.2. The average Bonchev–Trinajstić information content (AvgIpc) is 2.81. The van der Waals surface area contributed by atoms with E-state index < -0.39 is 23.9 Å². The molecule has 0 unspecified atom stereocenters. The maximum atomic E-state index is 13.9. The number of nitrogens with one attached hydrogen (secondary N) is 2. The predicted molar refractivity (Wildman–Crippen MR) is 124 cm³/mol. The summed E-state index contributed by atoms with van der Waals surface area (Å²) in [5.74, 6) is -0.316. The van der Waals surface area contributed by atoms with Gasteiger partial charge in [-0.05, 0) is 68.5 Å². The SMILES string of the molecule is CCOC(=O)C1=C(CN2CCC(Cc3ccccc3)CC2)NC(=O)N[C@@H]1c1cccc(F)c1. The Bertz CT molecular complexity index is 1020. The van der Waals surface area contributed by atoms with Crippen molar-refractivity contribution in [3.05, 3.63) is 82.8 Å². The van der Waals surface area contributed by atoms with E-state index in [1.165, 1.54) is 17.7 Å². The van der Waals surface area contributed by atoms with Crippen molar-refractivity contribution in [1.82, 2.24) is 15.5 Å². The molecule has 2 aliphatic rings. The van der Waals surface area contributed by atoms with Crippen LogP contribution in [-0.2, 0) is 16.0 Å². The third-order valence-electron chi connectivity index (χ3n) is 6.29. The second-order valence-corrected chi connectivity index (χ2v) is 8.61. The van der Waals surface area contributed by atoms with Crippen LogP contribution in [0.3, 0.4) is 0 Å². The van der Waals surface area contributed by atoms with Crippen LogP contribution in [0.5, 0.6) is 0 Å². The predicted octanol–water partition coefficient (Wildman–Crippen LogP) is 3.95. The number of rotatable bonds is 7. The molecule has 2 amide bonds. The Labute approximate surface area is 193 Å². The highest BCUT2D eigenvalue weighted by atomic mass is 19.1. The summed E-state index contributed by atoms with van der Waals surface area (Å²) in [6.07, 6.45) is 3.17. The number of benzene rings is 2. The maximum absolute atomic E-state index is 13.9. The largest absolute Gasteiger partial charge is 0.463 e. The third-order valence-corrected chi connectivity index (χ3v) is 6.29. The molecule has 0 spiro atoms. The molecule has 2 N–H and O–H groups in total. The highest BCUT2D eigenvalue weighted by Gasteiger charge is 2.35. The Morgan fingerprint density at radius 1 is 1.12 bits per heavy atom. The molecule has 2 aromatic carbocycles. The molecule has 1 saturated heterocycles. The maximum Gasteiger partial charge on any atom is 0.338 e. The van der Waals surface area contributed by atoms with Crippen LogP contribution in [0.2, 0.25) is 0 Å². The molecule has 1 atom stereocenters. The number of likely N-dealkylation sites (tertiary alicyclic amines) is 1. The number of esters is 1. The normalized spacial score (nSPS) is 19.7. The topological polar surface area (TPSA) is 70.7 Å². The first kappa shape index (κ1) is 23.0. The van der Waals surface area contributed by atoms with E-state index in [9.17, 15) is 14.0 Å². The minimum atomic E-state index is -0.765. The summed E-state index contributed by atoms with van der Waals surface area (Å²) >= 11 is 0. The Kier molecular flexibility index (Phi) is 7.40. The van der Waals surface area contributed by atoms with Gasteiger partial charge in [0.1, 0.15) is 5.82 Å². The van der Waals surface area contributed by atoms with Crippen molar-refractivity contribution in [3.63, 3.8) is 0 Å². The van der Waals surface area contributed by atoms with E-state index in [1.54, 1.807) is 19.1 Å². The van der Waals surface area contributed by atoms with Crippen molar-refractivity contribution >= 4 is 12.0 Å². The molecule has 0 aliphatic carbocycles. The van der Waals surface area contributed by atoms with E-state index in [0.29, 0.717) is 29.3 Å². The Morgan fingerprint density at radius 3 is 2.58 bits per heavy atom. The first-order chi connectivity index (χ1) is 16.0. The Hall–Kier alpha value is -3.19. The molecule has 0 saturated carbocycles. The van der Waals surface area contributed by atoms with Crippen LogP contribution in [-0.4, -0.2) is 43.1 Å². The molecule has 7 heteroatoms. The number of hydrogen-bond acceptors (Lipinski definition) is 4. The standard InChI is InChI=1S/C26H30FN3O3/c1-2-33-25(31)23-22(28-26(32)29-24(23)20-9-6-10-21(27)16-20)17-30-13-11-19(12-14-30)15-18-7-4-3-5-8-18/h3-10,16,19,24H,2,11-15,17H2,1H3,(H2,28,29,32)/t24-/m1/s1. The molecule has 1 fully saturated rings. The molecular formula is C26H30FN3O3. The highest BCUT2D eigenvalue weighted by molar-refractivity contribution is 5.95. The summed E-state index contributed by atoms with van der Waals surface area (Å²) < 4.78 is 19.2. The molecule has 2 heterocycles. The summed E-state index contributed by atoms with van der Waals surface area (Å²) in [6, 6.07) is 15.3. The van der Waals surface area contributed by atoms with Crippen LogP contribution in [0.15, 0.2) is 65.9 Å². The van der Waals surface area contributed by atoms with Crippen LogP contribution in [0.1, 0.15) is 36.9 Å². The molecule has 0 radical (unpaired) electrons. The van der Waals surface area contributed by atoms with Crippen LogP contribution >= 0.6 is 0 Å². The summed E-state index contributed by atoms with van der Waals surface area (Å²) in [4.78, 5) is 27.6. The van der Waals surface area contributed by atoms with Crippen molar-refractivity contribution in [2.45, 2.75) is 32.2 Å². The van der Waals surface area contributed by atoms with Gasteiger partial charge in [-0.3, -0.25) is 4.90 Å². The van der Waals surface area contributed by atoms with Gasteiger partial charge in [0.05, 0.1) is 18.2 Å². The van der Waals surface area contributed by atoms with Crippen LogP contribution in [0.25, 0.3) is 0 Å². The van der Waals surface area contributed by atoms with Gasteiger partial charge in [0, 0.05) is 12.2 Å². The Balaban J connectivity index is 1.51. The zero-order valence-corrected chi connectivity index (χ0v) is 18.9. The minimum absolute atomic E-state index is 0.213. The molecule has 6 nitrogen and oxygen atoms in total. The van der Waals surface area contributed by atoms with Gasteiger partial charge < -0.3 is 15.4 Å². The summed E-state index contributed by atoms with van der Waals surface area (Å²) in [5.41, 5.74) is 2.71. The number of halogens is 1. The van der Waals surface area contributed by atoms with E-state index >= 15 is 0 Å². The van der Waals surface area contributed by atoms with Crippen LogP contribution < -0.4 is 10.6 Å². The number of nitrogens with zero attached hydrogens (tertiary/aromatic N) is 1. The lowest BCUT2D eigenvalue weighted by Crippen LogP contribution is -2.49. The lowest BCUT2D eigenvalue weighted by atomic mass is 9.89. The van der Waals surface area contributed by atoms with E-state index in [1.807, 2.05) is 6.07 Å². The lowest BCUT2D eigenvalue weighted by Gasteiger charge is -2.35. The number of urea groups is 1. The zero-order valence-electron chi connectivity index (χ0n) is 18.9. The first-order valence-corrected chi connectivity index (χ1v) is 11.5. The number of carbonyl (C=O) groups excluding carboxylic acids is 2. The Morgan fingerprint density at radius 2 is 1.88 bits per heavy atom. The first-order valence-electron chi connectivity index (χ1n) is 11.5. The number of carbonyl (C=O) groups is 2. The van der Waals surface area contributed by atoms with Crippen molar-refractivity contribution in [2.75, 3.05) is 26.2 Å². The fraction of sp³-hybridized carbons (Fsp3) is 0.385. The lowest BCUT2D eigenvalue weighted by molar-refractivity contribution is -0.139. The quantitative estimate of drug-likeness (QED) is 0.626. The van der Waals surface area contributed by atoms with Crippen LogP contribution in [0.4, 0.5) is 9.18 Å². The van der Waals surface area contributed by atoms with Gasteiger partial charge in [0.15, 0.2) is 0 Å². The van der Waals surface area contributed by atoms with Crippen molar-refractivity contribution in [1.29, 1.82) is 0 Å². The fourth-order valence-electron chi connectivity index (χ4n) is 4.65. The smallest absolute Gasteiger partial charge is 0.338 e. The second kappa shape index (κ2) is 10.6. The molecule has 0 aromatic heterocycles. The van der Waals surface area contributed by atoms with Gasteiger partial charge in [-0.25, -0.2) is 14.0 Å². The van der Waals surface area contributed by atoms with Crippen LogP contribution in [0, 0.1) is 11.7 Å². The summed E-state index contributed by atoms with van der Waals surface area (Å²) in [5, 5.41) is 5.57. The van der Waals surface area contributed by atoms with Crippen molar-refractivity contribution < 1.29 is 18.7 Å². The number of ether oxygens (including phenoxy) is 1. The molecule has 174 valence electrons. The number of piperidine rings is 1. The van der Waals surface area contributed by atoms with Crippen molar-refractivity contribution in [2.24, 2.45) is 5.92 Å². The molecular weight excluding hydrogens is 421 g/mol. The molecule has 0 bridgehead atoms.